The Kier molecular flexibility index (Phi) is 5.62. The number of fused-ring (bicyclic) bond motifs is 1. The van der Waals surface area contributed by atoms with Crippen molar-refractivity contribution in [3.05, 3.63) is 88.8 Å². The van der Waals surface area contributed by atoms with Gasteiger partial charge in [0.25, 0.3) is 0 Å². The standard InChI is InChI=1S/C23H17BrFNO3/c1-27-22-12-17-19(13-23(22)28-14-15-5-3-2-4-6-15)26-10-9-20(17)29-21-8-7-16(24)11-18(21)25/h2-13H,14H2,1H3. The van der Waals surface area contributed by atoms with Crippen LogP contribution in [0.1, 0.15) is 5.56 Å². The Morgan fingerprint density at radius 2 is 1.72 bits per heavy atom. The van der Waals surface area contributed by atoms with Gasteiger partial charge < -0.3 is 14.2 Å². The van der Waals surface area contributed by atoms with Crippen LogP contribution in [0.2, 0.25) is 0 Å². The zero-order valence-corrected chi connectivity index (χ0v) is 17.1. The van der Waals surface area contributed by atoms with E-state index in [2.05, 4.69) is 20.9 Å². The third kappa shape index (κ3) is 4.32. The Balaban J connectivity index is 1.67. The molecule has 29 heavy (non-hydrogen) atoms. The number of benzene rings is 3. The SMILES string of the molecule is COc1cc2c(Oc3ccc(Br)cc3F)ccnc2cc1OCc1ccccc1. The highest BCUT2D eigenvalue weighted by Crippen LogP contribution is 2.38. The summed E-state index contributed by atoms with van der Waals surface area (Å²) in [5, 5.41) is 0.693. The van der Waals surface area contributed by atoms with E-state index in [0.717, 1.165) is 5.56 Å². The molecule has 3 aromatic carbocycles. The number of hydrogen-bond donors (Lipinski definition) is 0. The van der Waals surface area contributed by atoms with Crippen LogP contribution in [-0.2, 0) is 6.61 Å². The summed E-state index contributed by atoms with van der Waals surface area (Å²) >= 11 is 3.24. The molecule has 0 N–H and O–H groups in total. The number of pyridine rings is 1. The third-order valence-electron chi connectivity index (χ3n) is 4.34. The maximum absolute atomic E-state index is 14.2. The fourth-order valence-electron chi connectivity index (χ4n) is 2.90. The first-order valence-corrected chi connectivity index (χ1v) is 9.70. The zero-order chi connectivity index (χ0) is 20.2. The van der Waals surface area contributed by atoms with E-state index in [4.69, 9.17) is 14.2 Å². The number of hydrogen-bond acceptors (Lipinski definition) is 4. The highest BCUT2D eigenvalue weighted by atomic mass is 79.9. The number of rotatable bonds is 6. The van der Waals surface area contributed by atoms with Crippen LogP contribution >= 0.6 is 15.9 Å². The molecule has 4 nitrogen and oxygen atoms in total. The van der Waals surface area contributed by atoms with Crippen molar-refractivity contribution >= 4 is 26.8 Å². The van der Waals surface area contributed by atoms with E-state index in [1.807, 2.05) is 30.3 Å². The van der Waals surface area contributed by atoms with Crippen LogP contribution in [0.4, 0.5) is 4.39 Å². The maximum atomic E-state index is 14.2. The van der Waals surface area contributed by atoms with Gasteiger partial charge in [0.2, 0.25) is 0 Å². The second kappa shape index (κ2) is 8.49. The van der Waals surface area contributed by atoms with Gasteiger partial charge >= 0.3 is 0 Å². The van der Waals surface area contributed by atoms with E-state index in [1.54, 1.807) is 43.6 Å². The van der Waals surface area contributed by atoms with Crippen molar-refractivity contribution in [1.29, 1.82) is 0 Å². The quantitative estimate of drug-likeness (QED) is 0.333. The molecule has 0 spiro atoms. The zero-order valence-electron chi connectivity index (χ0n) is 15.6. The molecule has 0 amide bonds. The van der Waals surface area contributed by atoms with E-state index in [9.17, 15) is 4.39 Å². The summed E-state index contributed by atoms with van der Waals surface area (Å²) in [7, 11) is 1.57. The maximum Gasteiger partial charge on any atom is 0.166 e. The Hall–Kier alpha value is -3.12. The lowest BCUT2D eigenvalue weighted by Crippen LogP contribution is -1.98. The number of nitrogens with zero attached hydrogens (tertiary/aromatic N) is 1. The minimum absolute atomic E-state index is 0.129. The highest BCUT2D eigenvalue weighted by molar-refractivity contribution is 9.10. The fraction of sp³-hybridized carbons (Fsp3) is 0.0870. The van der Waals surface area contributed by atoms with Crippen molar-refractivity contribution < 1.29 is 18.6 Å². The monoisotopic (exact) mass is 453 g/mol. The van der Waals surface area contributed by atoms with Crippen LogP contribution in [0.3, 0.4) is 0 Å². The molecule has 0 unspecified atom stereocenters. The molecule has 6 heteroatoms. The average molecular weight is 454 g/mol. The summed E-state index contributed by atoms with van der Waals surface area (Å²) in [5.41, 5.74) is 1.70. The summed E-state index contributed by atoms with van der Waals surface area (Å²) in [4.78, 5) is 4.39. The van der Waals surface area contributed by atoms with Crippen molar-refractivity contribution in [3.63, 3.8) is 0 Å². The second-order valence-corrected chi connectivity index (χ2v) is 7.20. The first kappa shape index (κ1) is 19.2. The Morgan fingerprint density at radius 3 is 2.48 bits per heavy atom. The molecule has 4 rings (SSSR count). The molecule has 0 aliphatic heterocycles. The minimum Gasteiger partial charge on any atom is -0.493 e. The van der Waals surface area contributed by atoms with Gasteiger partial charge in [0, 0.05) is 22.1 Å². The molecule has 0 radical (unpaired) electrons. The van der Waals surface area contributed by atoms with Crippen molar-refractivity contribution in [3.8, 4) is 23.0 Å². The van der Waals surface area contributed by atoms with E-state index in [1.165, 1.54) is 6.07 Å². The Labute approximate surface area is 176 Å². The lowest BCUT2D eigenvalue weighted by atomic mass is 10.1. The molecule has 0 aliphatic rings. The fourth-order valence-corrected chi connectivity index (χ4v) is 3.23. The van der Waals surface area contributed by atoms with Crippen molar-refractivity contribution in [2.24, 2.45) is 0 Å². The van der Waals surface area contributed by atoms with Gasteiger partial charge in [-0.3, -0.25) is 4.98 Å². The number of aromatic nitrogens is 1. The summed E-state index contributed by atoms with van der Waals surface area (Å²) in [6.07, 6.45) is 1.61. The molecule has 0 bridgehead atoms. The first-order valence-electron chi connectivity index (χ1n) is 8.90. The predicted molar refractivity (Wildman–Crippen MR) is 113 cm³/mol. The van der Waals surface area contributed by atoms with Crippen molar-refractivity contribution in [2.75, 3.05) is 7.11 Å². The molecule has 1 heterocycles. The van der Waals surface area contributed by atoms with Crippen LogP contribution < -0.4 is 14.2 Å². The molecular formula is C23H17BrFNO3. The number of ether oxygens (including phenoxy) is 3. The van der Waals surface area contributed by atoms with Crippen LogP contribution in [0.15, 0.2) is 77.4 Å². The lowest BCUT2D eigenvalue weighted by Gasteiger charge is -2.14. The second-order valence-electron chi connectivity index (χ2n) is 6.28. The largest absolute Gasteiger partial charge is 0.493 e. The summed E-state index contributed by atoms with van der Waals surface area (Å²) < 4.78 is 32.1. The molecule has 0 saturated heterocycles. The van der Waals surface area contributed by atoms with Crippen LogP contribution in [0.25, 0.3) is 10.9 Å². The van der Waals surface area contributed by atoms with Gasteiger partial charge in [0.15, 0.2) is 23.1 Å². The Bertz CT molecular complexity index is 1150. The molecule has 4 aromatic rings. The van der Waals surface area contributed by atoms with E-state index in [-0.39, 0.29) is 5.75 Å². The van der Waals surface area contributed by atoms with Crippen LogP contribution in [-0.4, -0.2) is 12.1 Å². The third-order valence-corrected chi connectivity index (χ3v) is 4.83. The normalized spacial score (nSPS) is 10.7. The number of methoxy groups -OCH3 is 1. The first-order chi connectivity index (χ1) is 14.1. The summed E-state index contributed by atoms with van der Waals surface area (Å²) in [6, 6.07) is 19.8. The highest BCUT2D eigenvalue weighted by Gasteiger charge is 2.13. The summed E-state index contributed by atoms with van der Waals surface area (Å²) in [6.45, 7) is 0.406. The molecule has 1 aromatic heterocycles. The van der Waals surface area contributed by atoms with Gasteiger partial charge in [-0.05, 0) is 35.9 Å². The van der Waals surface area contributed by atoms with Gasteiger partial charge in [-0.15, -0.1) is 0 Å². The molecule has 0 saturated carbocycles. The van der Waals surface area contributed by atoms with Crippen molar-refractivity contribution in [1.82, 2.24) is 4.98 Å². The van der Waals surface area contributed by atoms with E-state index in [0.29, 0.717) is 39.2 Å². The molecule has 0 fully saturated rings. The molecule has 146 valence electrons. The van der Waals surface area contributed by atoms with Crippen LogP contribution in [0, 0.1) is 5.82 Å². The predicted octanol–water partition coefficient (Wildman–Crippen LogP) is 6.52. The van der Waals surface area contributed by atoms with Gasteiger partial charge in [0.1, 0.15) is 12.4 Å². The minimum atomic E-state index is -0.459. The van der Waals surface area contributed by atoms with Gasteiger partial charge in [-0.25, -0.2) is 4.39 Å². The van der Waals surface area contributed by atoms with Crippen LogP contribution in [0.5, 0.6) is 23.0 Å². The lowest BCUT2D eigenvalue weighted by molar-refractivity contribution is 0.285. The summed E-state index contributed by atoms with van der Waals surface area (Å²) in [5.74, 6) is 1.26. The number of halogens is 2. The average Bonchev–Trinajstić information content (AvgIpc) is 2.74. The molecular weight excluding hydrogens is 437 g/mol. The Morgan fingerprint density at radius 1 is 0.897 bits per heavy atom. The topological polar surface area (TPSA) is 40.6 Å². The van der Waals surface area contributed by atoms with Gasteiger partial charge in [-0.1, -0.05) is 46.3 Å². The van der Waals surface area contributed by atoms with Gasteiger partial charge in [-0.2, -0.15) is 0 Å². The van der Waals surface area contributed by atoms with Crippen molar-refractivity contribution in [2.45, 2.75) is 6.61 Å². The van der Waals surface area contributed by atoms with E-state index < -0.39 is 5.82 Å². The van der Waals surface area contributed by atoms with E-state index >= 15 is 0 Å². The smallest absolute Gasteiger partial charge is 0.166 e. The molecule has 0 aliphatic carbocycles. The van der Waals surface area contributed by atoms with Gasteiger partial charge in [0.05, 0.1) is 12.6 Å². The molecule has 0 atom stereocenters.